The molecule has 0 bridgehead atoms. The van der Waals surface area contributed by atoms with Gasteiger partial charge >= 0.3 is 11.9 Å². The van der Waals surface area contributed by atoms with E-state index in [1.165, 1.54) is 14.2 Å². The van der Waals surface area contributed by atoms with Gasteiger partial charge in [0, 0.05) is 0 Å². The molecule has 0 aliphatic carbocycles. The number of hydrogen-bond acceptors (Lipinski definition) is 5. The van der Waals surface area contributed by atoms with Crippen LogP contribution in [0.5, 0.6) is 5.75 Å². The number of rotatable bonds is 6. The fourth-order valence-electron chi connectivity index (χ4n) is 2.09. The molecule has 2 aromatic rings. The highest BCUT2D eigenvalue weighted by molar-refractivity contribution is 6.30. The lowest BCUT2D eigenvalue weighted by Gasteiger charge is -2.21. The van der Waals surface area contributed by atoms with Gasteiger partial charge in [-0.3, -0.25) is 4.79 Å². The number of carbonyl (C=O) groups is 2. The van der Waals surface area contributed by atoms with Crippen molar-refractivity contribution in [2.75, 3.05) is 14.2 Å². The van der Waals surface area contributed by atoms with Crippen LogP contribution in [-0.2, 0) is 14.3 Å². The predicted molar refractivity (Wildman–Crippen MR) is 89.2 cm³/mol. The van der Waals surface area contributed by atoms with Gasteiger partial charge in [-0.15, -0.1) is 11.6 Å². The number of methoxy groups -OCH3 is 2. The van der Waals surface area contributed by atoms with Crippen molar-refractivity contribution in [1.82, 2.24) is 0 Å². The summed E-state index contributed by atoms with van der Waals surface area (Å²) in [4.78, 5) is 24.1. The van der Waals surface area contributed by atoms with Gasteiger partial charge in [0.1, 0.15) is 5.75 Å². The van der Waals surface area contributed by atoms with Gasteiger partial charge in [-0.25, -0.2) is 4.79 Å². The Labute approximate surface area is 145 Å². The molecule has 2 atom stereocenters. The van der Waals surface area contributed by atoms with Crippen LogP contribution in [0.15, 0.2) is 54.6 Å². The normalized spacial score (nSPS) is 12.8. The number of ether oxygens (including phenoxy) is 3. The molecule has 24 heavy (non-hydrogen) atoms. The van der Waals surface area contributed by atoms with Crippen LogP contribution in [0.4, 0.5) is 0 Å². The van der Waals surface area contributed by atoms with Gasteiger partial charge < -0.3 is 14.2 Å². The van der Waals surface area contributed by atoms with Crippen LogP contribution in [0.1, 0.15) is 22.0 Å². The smallest absolute Gasteiger partial charge is 0.338 e. The Balaban J connectivity index is 2.23. The maximum atomic E-state index is 12.4. The second-order valence-corrected chi connectivity index (χ2v) is 5.36. The van der Waals surface area contributed by atoms with Crippen molar-refractivity contribution in [1.29, 1.82) is 0 Å². The van der Waals surface area contributed by atoms with Crippen molar-refractivity contribution in [2.45, 2.75) is 11.5 Å². The van der Waals surface area contributed by atoms with Gasteiger partial charge in [0.05, 0.1) is 19.8 Å². The fourth-order valence-corrected chi connectivity index (χ4v) is 2.37. The van der Waals surface area contributed by atoms with Gasteiger partial charge in [-0.05, 0) is 29.8 Å². The van der Waals surface area contributed by atoms with Gasteiger partial charge in [-0.2, -0.15) is 0 Å². The van der Waals surface area contributed by atoms with Gasteiger partial charge in [0.2, 0.25) is 0 Å². The molecule has 0 unspecified atom stereocenters. The van der Waals surface area contributed by atoms with Crippen LogP contribution in [0.25, 0.3) is 0 Å². The molecule has 0 heterocycles. The van der Waals surface area contributed by atoms with Crippen molar-refractivity contribution >= 4 is 23.5 Å². The van der Waals surface area contributed by atoms with E-state index in [1.807, 2.05) is 6.07 Å². The molecule has 0 aliphatic rings. The first-order chi connectivity index (χ1) is 11.6. The average Bonchev–Trinajstić information content (AvgIpc) is 2.65. The SMILES string of the molecule is COC(=O)[C@H](Cl)[C@H](OC(=O)c1ccc(OC)cc1)c1ccccc1. The van der Waals surface area contributed by atoms with Gasteiger partial charge in [-0.1, -0.05) is 30.3 Å². The molecule has 0 aliphatic heterocycles. The van der Waals surface area contributed by atoms with Gasteiger partial charge in [0.25, 0.3) is 0 Å². The Morgan fingerprint density at radius 1 is 0.958 bits per heavy atom. The van der Waals surface area contributed by atoms with Crippen LogP contribution in [0, 0.1) is 0 Å². The summed E-state index contributed by atoms with van der Waals surface area (Å²) in [5, 5.41) is -1.15. The maximum Gasteiger partial charge on any atom is 0.338 e. The summed E-state index contributed by atoms with van der Waals surface area (Å²) in [7, 11) is 2.76. The molecule has 0 radical (unpaired) electrons. The largest absolute Gasteiger partial charge is 0.497 e. The molecule has 126 valence electrons. The van der Waals surface area contributed by atoms with Gasteiger partial charge in [0.15, 0.2) is 11.5 Å². The van der Waals surface area contributed by atoms with Crippen molar-refractivity contribution in [3.05, 3.63) is 65.7 Å². The van der Waals surface area contributed by atoms with Crippen molar-refractivity contribution in [3.63, 3.8) is 0 Å². The molecule has 0 fully saturated rings. The molecule has 0 aromatic heterocycles. The zero-order valence-electron chi connectivity index (χ0n) is 13.3. The summed E-state index contributed by atoms with van der Waals surface area (Å²) in [6.07, 6.45) is -0.963. The zero-order chi connectivity index (χ0) is 17.5. The van der Waals surface area contributed by atoms with E-state index in [4.69, 9.17) is 21.1 Å². The summed E-state index contributed by atoms with van der Waals surface area (Å²) in [5.41, 5.74) is 0.926. The number of halogens is 1. The van der Waals surface area contributed by atoms with E-state index >= 15 is 0 Å². The number of alkyl halides is 1. The van der Waals surface area contributed by atoms with Crippen molar-refractivity contribution in [3.8, 4) is 5.75 Å². The van der Waals surface area contributed by atoms with E-state index in [9.17, 15) is 9.59 Å². The molecule has 0 saturated heterocycles. The minimum atomic E-state index is -1.15. The second-order valence-electron chi connectivity index (χ2n) is 4.89. The third kappa shape index (κ3) is 4.26. The number of carbonyl (C=O) groups excluding carboxylic acids is 2. The van der Waals surface area contributed by atoms with Crippen LogP contribution >= 0.6 is 11.6 Å². The lowest BCUT2D eigenvalue weighted by molar-refractivity contribution is -0.142. The Kier molecular flexibility index (Phi) is 6.21. The standard InChI is InChI=1S/C18H17ClO5/c1-22-14-10-8-13(9-11-14)17(20)24-16(15(19)18(21)23-2)12-6-4-3-5-7-12/h3-11,15-16H,1-2H3/t15-,16-/m1/s1. The highest BCUT2D eigenvalue weighted by atomic mass is 35.5. The molecule has 0 amide bonds. The first-order valence-corrected chi connectivity index (χ1v) is 7.62. The highest BCUT2D eigenvalue weighted by Gasteiger charge is 2.32. The Morgan fingerprint density at radius 3 is 2.12 bits per heavy atom. The predicted octanol–water partition coefficient (Wildman–Crippen LogP) is 3.37. The average molecular weight is 349 g/mol. The van der Waals surface area contributed by atoms with Crippen LogP contribution < -0.4 is 4.74 Å². The Bertz CT molecular complexity index is 684. The maximum absolute atomic E-state index is 12.4. The third-order valence-electron chi connectivity index (χ3n) is 3.38. The second kappa shape index (κ2) is 8.36. The minimum Gasteiger partial charge on any atom is -0.497 e. The highest BCUT2D eigenvalue weighted by Crippen LogP contribution is 2.27. The minimum absolute atomic E-state index is 0.325. The third-order valence-corrected chi connectivity index (χ3v) is 3.79. The van der Waals surface area contributed by atoms with Crippen LogP contribution in [0.2, 0.25) is 0 Å². The summed E-state index contributed by atoms with van der Waals surface area (Å²) in [6.45, 7) is 0. The van der Waals surface area contributed by atoms with E-state index in [0.717, 1.165) is 0 Å². The molecule has 2 rings (SSSR count). The number of hydrogen-bond donors (Lipinski definition) is 0. The van der Waals surface area contributed by atoms with E-state index in [1.54, 1.807) is 48.5 Å². The topological polar surface area (TPSA) is 61.8 Å². The van der Waals surface area contributed by atoms with Crippen molar-refractivity contribution < 1.29 is 23.8 Å². The quantitative estimate of drug-likeness (QED) is 0.591. The molecular formula is C18H17ClO5. The molecule has 0 N–H and O–H groups in total. The Morgan fingerprint density at radius 2 is 1.58 bits per heavy atom. The van der Waals surface area contributed by atoms with Crippen molar-refractivity contribution in [2.24, 2.45) is 0 Å². The van der Waals surface area contributed by atoms with E-state index in [2.05, 4.69) is 4.74 Å². The molecule has 2 aromatic carbocycles. The lowest BCUT2D eigenvalue weighted by atomic mass is 10.1. The molecule has 0 saturated carbocycles. The molecular weight excluding hydrogens is 332 g/mol. The molecule has 6 heteroatoms. The van der Waals surface area contributed by atoms with E-state index in [0.29, 0.717) is 16.9 Å². The summed E-state index contributed by atoms with van der Waals surface area (Å²) in [5.74, 6) is -0.648. The van der Waals surface area contributed by atoms with Crippen LogP contribution in [0.3, 0.4) is 0 Å². The zero-order valence-corrected chi connectivity index (χ0v) is 14.0. The van der Waals surface area contributed by atoms with Crippen LogP contribution in [-0.4, -0.2) is 31.5 Å². The fraction of sp³-hybridized carbons (Fsp3) is 0.222. The summed E-state index contributed by atoms with van der Waals surface area (Å²) < 4.78 is 15.2. The molecule has 5 nitrogen and oxygen atoms in total. The summed E-state index contributed by atoms with van der Waals surface area (Å²) >= 11 is 6.14. The number of esters is 2. The van der Waals surface area contributed by atoms with E-state index < -0.39 is 23.4 Å². The monoisotopic (exact) mass is 348 g/mol. The summed E-state index contributed by atoms with van der Waals surface area (Å²) in [6, 6.07) is 15.2. The Hall–Kier alpha value is -2.53. The first-order valence-electron chi connectivity index (χ1n) is 7.18. The first kappa shape index (κ1) is 17.8. The molecule has 0 spiro atoms. The number of benzene rings is 2. The van der Waals surface area contributed by atoms with E-state index in [-0.39, 0.29) is 0 Å². The lowest BCUT2D eigenvalue weighted by Crippen LogP contribution is -2.28.